The first-order chi connectivity index (χ1) is 12.3. The molecule has 0 aliphatic rings. The van der Waals surface area contributed by atoms with Gasteiger partial charge >= 0.3 is 0 Å². The third kappa shape index (κ3) is 3.33. The number of hydrogen-bond donors (Lipinski definition) is 1. The lowest BCUT2D eigenvalue weighted by atomic mass is 10.1. The number of fused-ring (bicyclic) bond motifs is 1. The van der Waals surface area contributed by atoms with E-state index in [1.807, 2.05) is 36.4 Å². The topological polar surface area (TPSA) is 65.1 Å². The van der Waals surface area contributed by atoms with Crippen LogP contribution in [0.15, 0.2) is 65.6 Å². The Hall–Kier alpha value is -3.28. The Morgan fingerprint density at radius 1 is 1.16 bits per heavy atom. The number of methoxy groups -OCH3 is 1. The van der Waals surface area contributed by atoms with Gasteiger partial charge in [-0.25, -0.2) is 9.67 Å². The minimum absolute atomic E-state index is 0.603. The highest BCUT2D eigenvalue weighted by Crippen LogP contribution is 2.25. The van der Waals surface area contributed by atoms with Gasteiger partial charge in [-0.3, -0.25) is 0 Å². The Morgan fingerprint density at radius 3 is 2.92 bits per heavy atom. The zero-order valence-corrected chi connectivity index (χ0v) is 13.8. The van der Waals surface area contributed by atoms with Gasteiger partial charge in [0.2, 0.25) is 0 Å². The molecule has 0 bridgehead atoms. The van der Waals surface area contributed by atoms with Crippen molar-refractivity contribution in [2.24, 2.45) is 0 Å². The van der Waals surface area contributed by atoms with Crippen LogP contribution < -0.4 is 10.1 Å². The van der Waals surface area contributed by atoms with Crippen LogP contribution >= 0.6 is 0 Å². The monoisotopic (exact) mass is 334 g/mol. The Balaban J connectivity index is 1.51. The van der Waals surface area contributed by atoms with Crippen molar-refractivity contribution in [3.8, 4) is 5.75 Å². The molecule has 2 aromatic heterocycles. The molecule has 0 spiro atoms. The van der Waals surface area contributed by atoms with E-state index in [1.54, 1.807) is 24.4 Å². The summed E-state index contributed by atoms with van der Waals surface area (Å²) in [6.07, 6.45) is 3.25. The van der Waals surface area contributed by atoms with Gasteiger partial charge in [-0.1, -0.05) is 18.2 Å². The molecule has 2 aromatic carbocycles. The fourth-order valence-corrected chi connectivity index (χ4v) is 2.79. The number of furan rings is 1. The number of nitrogens with one attached hydrogen (secondary N) is 1. The highest BCUT2D eigenvalue weighted by molar-refractivity contribution is 5.79. The molecule has 25 heavy (non-hydrogen) atoms. The van der Waals surface area contributed by atoms with Gasteiger partial charge < -0.3 is 14.5 Å². The van der Waals surface area contributed by atoms with Gasteiger partial charge in [-0.15, -0.1) is 0 Å². The third-order valence-electron chi connectivity index (χ3n) is 4.04. The van der Waals surface area contributed by atoms with Crippen molar-refractivity contribution in [3.05, 3.63) is 72.5 Å². The Morgan fingerprint density at radius 2 is 2.08 bits per heavy atom. The van der Waals surface area contributed by atoms with E-state index in [0.717, 1.165) is 33.7 Å². The maximum atomic E-state index is 5.89. The van der Waals surface area contributed by atoms with Crippen LogP contribution in [0.3, 0.4) is 0 Å². The minimum Gasteiger partial charge on any atom is -0.497 e. The lowest BCUT2D eigenvalue weighted by Gasteiger charge is -2.11. The molecule has 4 rings (SSSR count). The van der Waals surface area contributed by atoms with Gasteiger partial charge in [-0.05, 0) is 35.9 Å². The van der Waals surface area contributed by atoms with Gasteiger partial charge in [0.1, 0.15) is 29.7 Å². The fraction of sp³-hybridized carbons (Fsp3) is 0.158. The molecule has 0 aliphatic heterocycles. The van der Waals surface area contributed by atoms with E-state index in [2.05, 4.69) is 27.5 Å². The molecule has 0 saturated heterocycles. The molecule has 0 atom stereocenters. The summed E-state index contributed by atoms with van der Waals surface area (Å²) in [5.74, 6) is 1.70. The number of anilines is 1. The molecule has 0 saturated carbocycles. The summed E-state index contributed by atoms with van der Waals surface area (Å²) < 4.78 is 12.9. The maximum absolute atomic E-state index is 5.89. The predicted octanol–water partition coefficient (Wildman–Crippen LogP) is 3.69. The van der Waals surface area contributed by atoms with Crippen molar-refractivity contribution in [1.29, 1.82) is 0 Å². The van der Waals surface area contributed by atoms with Crippen molar-refractivity contribution in [1.82, 2.24) is 14.8 Å². The van der Waals surface area contributed by atoms with E-state index in [-0.39, 0.29) is 0 Å². The number of ether oxygens (including phenoxy) is 1. The fourth-order valence-electron chi connectivity index (χ4n) is 2.79. The normalized spacial score (nSPS) is 10.9. The highest BCUT2D eigenvalue weighted by atomic mass is 16.5. The van der Waals surface area contributed by atoms with Crippen LogP contribution in [0.5, 0.6) is 5.75 Å². The summed E-state index contributed by atoms with van der Waals surface area (Å²) in [5.41, 5.74) is 3.05. The van der Waals surface area contributed by atoms with E-state index >= 15 is 0 Å². The molecule has 0 radical (unpaired) electrons. The molecule has 6 heteroatoms. The number of para-hydroxylation sites is 1. The van der Waals surface area contributed by atoms with Crippen LogP contribution in [-0.2, 0) is 13.1 Å². The molecule has 126 valence electrons. The smallest absolute Gasteiger partial charge is 0.137 e. The molecule has 6 nitrogen and oxygen atoms in total. The second-order valence-corrected chi connectivity index (χ2v) is 5.72. The molecule has 4 aromatic rings. The molecule has 1 N–H and O–H groups in total. The van der Waals surface area contributed by atoms with Crippen LogP contribution in [0.2, 0.25) is 0 Å². The zero-order chi connectivity index (χ0) is 17.1. The number of benzene rings is 2. The summed E-state index contributed by atoms with van der Waals surface area (Å²) in [7, 11) is 1.66. The summed E-state index contributed by atoms with van der Waals surface area (Å²) in [4.78, 5) is 3.99. The number of hydrogen-bond acceptors (Lipinski definition) is 5. The summed E-state index contributed by atoms with van der Waals surface area (Å²) in [6.45, 7) is 1.27. The molecule has 0 aliphatic carbocycles. The largest absolute Gasteiger partial charge is 0.497 e. The van der Waals surface area contributed by atoms with Crippen LogP contribution in [0.25, 0.3) is 11.0 Å². The van der Waals surface area contributed by atoms with E-state index in [4.69, 9.17) is 9.15 Å². The second-order valence-electron chi connectivity index (χ2n) is 5.72. The number of nitrogens with zero attached hydrogens (tertiary/aromatic N) is 3. The van der Waals surface area contributed by atoms with E-state index < -0.39 is 0 Å². The second kappa shape index (κ2) is 6.68. The number of aromatic nitrogens is 3. The lowest BCUT2D eigenvalue weighted by molar-refractivity contribution is 0.415. The minimum atomic E-state index is 0.603. The average molecular weight is 334 g/mol. The Labute approximate surface area is 145 Å². The van der Waals surface area contributed by atoms with Crippen LogP contribution in [-0.4, -0.2) is 21.9 Å². The Kier molecular flexibility index (Phi) is 4.08. The predicted molar refractivity (Wildman–Crippen MR) is 95.7 cm³/mol. The van der Waals surface area contributed by atoms with Crippen molar-refractivity contribution in [2.45, 2.75) is 13.1 Å². The zero-order valence-electron chi connectivity index (χ0n) is 13.8. The van der Waals surface area contributed by atoms with Gasteiger partial charge in [0.15, 0.2) is 0 Å². The van der Waals surface area contributed by atoms with Crippen LogP contribution in [0.4, 0.5) is 5.69 Å². The van der Waals surface area contributed by atoms with Crippen LogP contribution in [0.1, 0.15) is 11.3 Å². The van der Waals surface area contributed by atoms with Gasteiger partial charge in [0.05, 0.1) is 20.2 Å². The quantitative estimate of drug-likeness (QED) is 0.582. The van der Waals surface area contributed by atoms with Crippen LogP contribution in [0, 0.1) is 0 Å². The van der Waals surface area contributed by atoms with Gasteiger partial charge in [-0.2, -0.15) is 5.10 Å². The van der Waals surface area contributed by atoms with Crippen molar-refractivity contribution in [2.75, 3.05) is 12.4 Å². The van der Waals surface area contributed by atoms with Crippen molar-refractivity contribution < 1.29 is 9.15 Å². The molecule has 0 amide bonds. The van der Waals surface area contributed by atoms with E-state index in [9.17, 15) is 0 Å². The lowest BCUT2D eigenvalue weighted by Crippen LogP contribution is -2.06. The summed E-state index contributed by atoms with van der Waals surface area (Å²) in [5, 5.41) is 8.64. The van der Waals surface area contributed by atoms with Gasteiger partial charge in [0, 0.05) is 11.1 Å². The first kappa shape index (κ1) is 15.3. The highest BCUT2D eigenvalue weighted by Gasteiger charge is 2.07. The molecule has 0 fully saturated rings. The van der Waals surface area contributed by atoms with Crippen molar-refractivity contribution in [3.63, 3.8) is 0 Å². The Bertz CT molecular complexity index is 976. The first-order valence-corrected chi connectivity index (χ1v) is 8.02. The third-order valence-corrected chi connectivity index (χ3v) is 4.04. The SMILES string of the molecule is COc1ccc2oc(CNc3ccccc3Cn3cncn3)cc2c1. The summed E-state index contributed by atoms with van der Waals surface area (Å²) in [6, 6.07) is 16.0. The molecular formula is C19H18N4O2. The summed E-state index contributed by atoms with van der Waals surface area (Å²) >= 11 is 0. The molecule has 2 heterocycles. The maximum Gasteiger partial charge on any atom is 0.137 e. The van der Waals surface area contributed by atoms with Crippen molar-refractivity contribution >= 4 is 16.7 Å². The molecular weight excluding hydrogens is 316 g/mol. The van der Waals surface area contributed by atoms with Gasteiger partial charge in [0.25, 0.3) is 0 Å². The first-order valence-electron chi connectivity index (χ1n) is 8.02. The van der Waals surface area contributed by atoms with E-state index in [1.165, 1.54) is 0 Å². The average Bonchev–Trinajstić information content (AvgIpc) is 3.29. The number of rotatable bonds is 6. The van der Waals surface area contributed by atoms with E-state index in [0.29, 0.717) is 13.1 Å². The standard InChI is InChI=1S/C19H18N4O2/c1-24-16-6-7-19-15(8-16)9-17(25-19)10-21-18-5-3-2-4-14(18)11-23-13-20-12-22-23/h2-9,12-13,21H,10-11H2,1H3. The molecule has 0 unspecified atom stereocenters.